The van der Waals surface area contributed by atoms with Crippen molar-refractivity contribution in [3.8, 4) is 0 Å². The minimum absolute atomic E-state index is 1.26. The fourth-order valence-corrected chi connectivity index (χ4v) is 1.08. The fourth-order valence-electron chi connectivity index (χ4n) is 1.08. The summed E-state index contributed by atoms with van der Waals surface area (Å²) in [7, 11) is 0. The SMILES string of the molecule is CC.CC1=CCCCC=C1C. The Morgan fingerprint density at radius 1 is 0.909 bits per heavy atom. The molecule has 0 heteroatoms. The highest BCUT2D eigenvalue weighted by molar-refractivity contribution is 5.27. The zero-order valence-corrected chi connectivity index (χ0v) is 8.28. The van der Waals surface area contributed by atoms with Gasteiger partial charge in [-0.15, -0.1) is 0 Å². The van der Waals surface area contributed by atoms with Gasteiger partial charge in [-0.3, -0.25) is 0 Å². The van der Waals surface area contributed by atoms with Gasteiger partial charge < -0.3 is 0 Å². The maximum absolute atomic E-state index is 2.33. The normalized spacial score (nSPS) is 17.1. The Bertz CT molecular complexity index is 131. The summed E-state index contributed by atoms with van der Waals surface area (Å²) in [6.07, 6.45) is 8.52. The zero-order valence-electron chi connectivity index (χ0n) is 8.28. The lowest BCUT2D eigenvalue weighted by Gasteiger charge is -1.95. The molecule has 0 aromatic heterocycles. The molecule has 0 aromatic rings. The highest BCUT2D eigenvalue weighted by Crippen LogP contribution is 2.16. The van der Waals surface area contributed by atoms with Gasteiger partial charge in [0.25, 0.3) is 0 Å². The minimum atomic E-state index is 1.26. The van der Waals surface area contributed by atoms with Crippen molar-refractivity contribution in [1.82, 2.24) is 0 Å². The molecule has 0 heterocycles. The third kappa shape index (κ3) is 4.02. The van der Waals surface area contributed by atoms with E-state index in [1.54, 1.807) is 0 Å². The molecule has 0 fully saturated rings. The first-order valence-electron chi connectivity index (χ1n) is 4.64. The van der Waals surface area contributed by atoms with Crippen LogP contribution in [0.5, 0.6) is 0 Å². The number of hydrogen-bond donors (Lipinski definition) is 0. The van der Waals surface area contributed by atoms with Crippen LogP contribution in [0.15, 0.2) is 23.3 Å². The van der Waals surface area contributed by atoms with E-state index in [4.69, 9.17) is 0 Å². The lowest BCUT2D eigenvalue weighted by Crippen LogP contribution is -1.74. The Morgan fingerprint density at radius 2 is 1.27 bits per heavy atom. The smallest absolute Gasteiger partial charge is 0.0342 e. The molecular weight excluding hydrogens is 132 g/mol. The van der Waals surface area contributed by atoms with Crippen LogP contribution < -0.4 is 0 Å². The molecule has 0 nitrogen and oxygen atoms in total. The van der Waals surface area contributed by atoms with E-state index in [0.29, 0.717) is 0 Å². The molecule has 0 unspecified atom stereocenters. The average molecular weight is 152 g/mol. The molecule has 0 atom stereocenters. The second-order valence-corrected chi connectivity index (χ2v) is 2.71. The highest BCUT2D eigenvalue weighted by atomic mass is 14.0. The molecule has 0 aliphatic heterocycles. The Hall–Kier alpha value is -0.520. The molecule has 1 rings (SSSR count). The van der Waals surface area contributed by atoms with Crippen LogP contribution in [0.2, 0.25) is 0 Å². The van der Waals surface area contributed by atoms with Gasteiger partial charge in [-0.25, -0.2) is 0 Å². The Morgan fingerprint density at radius 3 is 1.64 bits per heavy atom. The van der Waals surface area contributed by atoms with Gasteiger partial charge in [0.05, 0.1) is 0 Å². The first-order valence-corrected chi connectivity index (χ1v) is 4.64. The molecule has 0 amide bonds. The van der Waals surface area contributed by atoms with E-state index in [-0.39, 0.29) is 0 Å². The number of rotatable bonds is 0. The highest BCUT2D eigenvalue weighted by Gasteiger charge is 1.95. The Balaban J connectivity index is 0.000000461. The van der Waals surface area contributed by atoms with Gasteiger partial charge in [-0.1, -0.05) is 37.1 Å². The molecule has 0 spiro atoms. The third-order valence-electron chi connectivity index (χ3n) is 1.93. The van der Waals surface area contributed by atoms with Crippen LogP contribution >= 0.6 is 0 Å². The standard InChI is InChI=1S/C9H14.C2H6/c1-8-6-4-3-5-7-9(8)2;1-2/h6-7H,3-5H2,1-2H3;1-2H3. The van der Waals surface area contributed by atoms with Crippen molar-refractivity contribution in [2.45, 2.75) is 47.0 Å². The van der Waals surface area contributed by atoms with Gasteiger partial charge in [-0.2, -0.15) is 0 Å². The van der Waals surface area contributed by atoms with Crippen LogP contribution in [-0.4, -0.2) is 0 Å². The minimum Gasteiger partial charge on any atom is -0.0813 e. The van der Waals surface area contributed by atoms with Crippen molar-refractivity contribution < 1.29 is 0 Å². The van der Waals surface area contributed by atoms with Crippen LogP contribution in [-0.2, 0) is 0 Å². The second-order valence-electron chi connectivity index (χ2n) is 2.71. The van der Waals surface area contributed by atoms with Crippen molar-refractivity contribution in [1.29, 1.82) is 0 Å². The molecule has 64 valence electrons. The summed E-state index contributed by atoms with van der Waals surface area (Å²) in [6, 6.07) is 0. The summed E-state index contributed by atoms with van der Waals surface area (Å²) < 4.78 is 0. The summed E-state index contributed by atoms with van der Waals surface area (Å²) in [5.41, 5.74) is 2.93. The molecule has 11 heavy (non-hydrogen) atoms. The van der Waals surface area contributed by atoms with Crippen LogP contribution in [0.1, 0.15) is 47.0 Å². The topological polar surface area (TPSA) is 0 Å². The van der Waals surface area contributed by atoms with Gasteiger partial charge in [0.15, 0.2) is 0 Å². The average Bonchev–Trinajstić information content (AvgIpc) is 2.22. The Labute approximate surface area is 71.0 Å². The predicted molar refractivity (Wildman–Crippen MR) is 52.7 cm³/mol. The van der Waals surface area contributed by atoms with Crippen LogP contribution in [0, 0.1) is 0 Å². The second kappa shape index (κ2) is 6.21. The monoisotopic (exact) mass is 152 g/mol. The lowest BCUT2D eigenvalue weighted by atomic mass is 10.1. The molecular formula is C11H20. The van der Waals surface area contributed by atoms with E-state index in [1.165, 1.54) is 30.4 Å². The maximum atomic E-state index is 2.33. The van der Waals surface area contributed by atoms with Crippen LogP contribution in [0.3, 0.4) is 0 Å². The van der Waals surface area contributed by atoms with Gasteiger partial charge in [0.2, 0.25) is 0 Å². The molecule has 0 saturated carbocycles. The van der Waals surface area contributed by atoms with Crippen LogP contribution in [0.4, 0.5) is 0 Å². The molecule has 0 bridgehead atoms. The van der Waals surface area contributed by atoms with Gasteiger partial charge in [-0.05, 0) is 33.1 Å². The van der Waals surface area contributed by atoms with Crippen molar-refractivity contribution in [3.63, 3.8) is 0 Å². The molecule has 0 aromatic carbocycles. The van der Waals surface area contributed by atoms with Gasteiger partial charge in [0, 0.05) is 0 Å². The summed E-state index contributed by atoms with van der Waals surface area (Å²) in [5, 5.41) is 0. The van der Waals surface area contributed by atoms with E-state index in [9.17, 15) is 0 Å². The third-order valence-corrected chi connectivity index (χ3v) is 1.93. The summed E-state index contributed by atoms with van der Waals surface area (Å²) >= 11 is 0. The van der Waals surface area contributed by atoms with Crippen molar-refractivity contribution in [3.05, 3.63) is 23.3 Å². The van der Waals surface area contributed by atoms with E-state index >= 15 is 0 Å². The number of allylic oxidation sites excluding steroid dienone is 4. The maximum Gasteiger partial charge on any atom is -0.0342 e. The molecule has 0 radical (unpaired) electrons. The van der Waals surface area contributed by atoms with E-state index in [1.807, 2.05) is 13.8 Å². The molecule has 1 aliphatic carbocycles. The molecule has 0 saturated heterocycles. The summed E-state index contributed by atoms with van der Waals surface area (Å²) in [4.78, 5) is 0. The van der Waals surface area contributed by atoms with Crippen molar-refractivity contribution in [2.24, 2.45) is 0 Å². The van der Waals surface area contributed by atoms with Crippen LogP contribution in [0.25, 0.3) is 0 Å². The fraction of sp³-hybridized carbons (Fsp3) is 0.636. The first kappa shape index (κ1) is 10.5. The van der Waals surface area contributed by atoms with Gasteiger partial charge in [0.1, 0.15) is 0 Å². The zero-order chi connectivity index (χ0) is 8.69. The Kier molecular flexibility index (Phi) is 5.91. The predicted octanol–water partition coefficient (Wildman–Crippen LogP) is 4.09. The van der Waals surface area contributed by atoms with E-state index in [0.717, 1.165) is 0 Å². The van der Waals surface area contributed by atoms with E-state index < -0.39 is 0 Å². The number of hydrogen-bond acceptors (Lipinski definition) is 0. The molecule has 1 aliphatic rings. The van der Waals surface area contributed by atoms with Gasteiger partial charge >= 0.3 is 0 Å². The largest absolute Gasteiger partial charge is 0.0813 e. The summed E-state index contributed by atoms with van der Waals surface area (Å²) in [6.45, 7) is 8.38. The van der Waals surface area contributed by atoms with Crippen molar-refractivity contribution in [2.75, 3.05) is 0 Å². The van der Waals surface area contributed by atoms with E-state index in [2.05, 4.69) is 26.0 Å². The summed E-state index contributed by atoms with van der Waals surface area (Å²) in [5.74, 6) is 0. The molecule has 0 N–H and O–H groups in total. The van der Waals surface area contributed by atoms with Crippen molar-refractivity contribution >= 4 is 0 Å². The quantitative estimate of drug-likeness (QED) is 0.490. The lowest BCUT2D eigenvalue weighted by molar-refractivity contribution is 0.873. The first-order chi connectivity index (χ1) is 5.30.